The molecular weight excluding hydrogens is 456 g/mol. The van der Waals surface area contributed by atoms with Gasteiger partial charge in [0, 0.05) is 53.3 Å². The van der Waals surface area contributed by atoms with Crippen LogP contribution in [0.2, 0.25) is 0 Å². The van der Waals surface area contributed by atoms with Gasteiger partial charge < -0.3 is 26.0 Å². The molecule has 35 heavy (non-hydrogen) atoms. The predicted octanol–water partition coefficient (Wildman–Crippen LogP) is 4.48. The lowest BCUT2D eigenvalue weighted by molar-refractivity contribution is 0.0939. The second kappa shape index (κ2) is 10.9. The van der Waals surface area contributed by atoms with E-state index in [4.69, 9.17) is 4.74 Å². The second-order valence-electron chi connectivity index (χ2n) is 9.56. The number of anilines is 1. The summed E-state index contributed by atoms with van der Waals surface area (Å²) in [6, 6.07) is 19.7. The Kier molecular flexibility index (Phi) is 7.48. The molecule has 0 saturated carbocycles. The van der Waals surface area contributed by atoms with Gasteiger partial charge in [-0.3, -0.25) is 4.79 Å². The third kappa shape index (κ3) is 5.93. The van der Waals surface area contributed by atoms with Crippen LogP contribution in [0, 0.1) is 6.92 Å². The lowest BCUT2D eigenvalue weighted by atomic mass is 10.0. The zero-order valence-corrected chi connectivity index (χ0v) is 21.2. The first kappa shape index (κ1) is 24.0. The van der Waals surface area contributed by atoms with Gasteiger partial charge in [0.25, 0.3) is 5.91 Å². The Morgan fingerprint density at radius 2 is 2.03 bits per heavy atom. The number of benzene rings is 2. The predicted molar refractivity (Wildman–Crippen MR) is 143 cm³/mol. The first-order valence-corrected chi connectivity index (χ1v) is 13.3. The summed E-state index contributed by atoms with van der Waals surface area (Å²) in [7, 11) is 0. The van der Waals surface area contributed by atoms with E-state index >= 15 is 0 Å². The van der Waals surface area contributed by atoms with Gasteiger partial charge in [0.15, 0.2) is 0 Å². The molecule has 3 aromatic rings. The Balaban J connectivity index is 1.23. The minimum atomic E-state index is -0.0993. The lowest BCUT2D eigenvalue weighted by Crippen LogP contribution is -2.51. The average molecular weight is 491 g/mol. The van der Waals surface area contributed by atoms with Gasteiger partial charge in [-0.2, -0.15) is 0 Å². The minimum absolute atomic E-state index is 0.0452. The lowest BCUT2D eigenvalue weighted by Gasteiger charge is -2.29. The highest BCUT2D eigenvalue weighted by atomic mass is 32.1. The van der Waals surface area contributed by atoms with Crippen molar-refractivity contribution in [3.63, 3.8) is 0 Å². The third-order valence-electron chi connectivity index (χ3n) is 6.81. The van der Waals surface area contributed by atoms with Crippen LogP contribution < -0.4 is 21.3 Å². The Labute approximate surface area is 211 Å². The standard InChI is InChI=1S/C28H34N4O2S/c1-18-6-7-22(32-24-14-29-15-24)13-26(18)28(33)31-19(2)20-4-3-5-21(12-20)27-9-8-25(35-27)16-30-23-10-11-34-17-23/h3-9,12-13,19,23-24,29-30,32H,10-11,14-17H2,1-2H3,(H,31,33)/t19?,23-/m1/s1. The van der Waals surface area contributed by atoms with Crippen LogP contribution in [0.25, 0.3) is 10.4 Å². The fraction of sp³-hybridized carbons (Fsp3) is 0.393. The molecule has 2 saturated heterocycles. The summed E-state index contributed by atoms with van der Waals surface area (Å²) >= 11 is 1.81. The summed E-state index contributed by atoms with van der Waals surface area (Å²) in [5, 5.41) is 13.5. The van der Waals surface area contributed by atoms with Crippen LogP contribution in [-0.4, -0.2) is 44.3 Å². The first-order valence-electron chi connectivity index (χ1n) is 12.4. The van der Waals surface area contributed by atoms with Gasteiger partial charge in [0.1, 0.15) is 0 Å². The number of hydrogen-bond donors (Lipinski definition) is 4. The molecule has 184 valence electrons. The molecule has 0 aliphatic carbocycles. The number of nitrogens with one attached hydrogen (secondary N) is 4. The summed E-state index contributed by atoms with van der Waals surface area (Å²) in [5.74, 6) is -0.0452. The number of carbonyl (C=O) groups excluding carboxylic acids is 1. The van der Waals surface area contributed by atoms with Crippen LogP contribution in [-0.2, 0) is 11.3 Å². The molecule has 2 fully saturated rings. The third-order valence-corrected chi connectivity index (χ3v) is 7.94. The molecule has 1 unspecified atom stereocenters. The van der Waals surface area contributed by atoms with E-state index in [2.05, 4.69) is 57.7 Å². The molecule has 1 aromatic heterocycles. The van der Waals surface area contributed by atoms with E-state index in [1.807, 2.05) is 43.4 Å². The highest BCUT2D eigenvalue weighted by Crippen LogP contribution is 2.30. The monoisotopic (exact) mass is 490 g/mol. The van der Waals surface area contributed by atoms with Gasteiger partial charge in [0.05, 0.1) is 18.7 Å². The van der Waals surface area contributed by atoms with Gasteiger partial charge in [-0.1, -0.05) is 24.3 Å². The maximum atomic E-state index is 13.1. The Hall–Kier alpha value is -2.71. The molecule has 7 heteroatoms. The van der Waals surface area contributed by atoms with Gasteiger partial charge in [0.2, 0.25) is 0 Å². The fourth-order valence-corrected chi connectivity index (χ4v) is 5.43. The van der Waals surface area contributed by atoms with Gasteiger partial charge in [-0.25, -0.2) is 0 Å². The highest BCUT2D eigenvalue weighted by Gasteiger charge is 2.19. The molecule has 2 aliphatic rings. The zero-order chi connectivity index (χ0) is 24.2. The van der Waals surface area contributed by atoms with Gasteiger partial charge >= 0.3 is 0 Å². The molecule has 3 heterocycles. The molecule has 5 rings (SSSR count). The number of thiophene rings is 1. The molecule has 0 radical (unpaired) electrons. The van der Waals surface area contributed by atoms with Crippen LogP contribution in [0.1, 0.15) is 45.7 Å². The molecule has 2 aromatic carbocycles. The van der Waals surface area contributed by atoms with Crippen molar-refractivity contribution in [1.29, 1.82) is 0 Å². The Morgan fingerprint density at radius 1 is 1.14 bits per heavy atom. The van der Waals surface area contributed by atoms with Crippen molar-refractivity contribution in [3.8, 4) is 10.4 Å². The molecule has 2 aliphatic heterocycles. The molecule has 2 atom stereocenters. The number of amides is 1. The van der Waals surface area contributed by atoms with E-state index in [0.29, 0.717) is 17.6 Å². The largest absolute Gasteiger partial charge is 0.380 e. The van der Waals surface area contributed by atoms with E-state index in [0.717, 1.165) is 56.1 Å². The second-order valence-corrected chi connectivity index (χ2v) is 10.7. The summed E-state index contributed by atoms with van der Waals surface area (Å²) in [4.78, 5) is 15.7. The summed E-state index contributed by atoms with van der Waals surface area (Å²) < 4.78 is 5.45. The van der Waals surface area contributed by atoms with Crippen molar-refractivity contribution < 1.29 is 9.53 Å². The number of rotatable bonds is 9. The number of ether oxygens (including phenoxy) is 1. The molecule has 6 nitrogen and oxygen atoms in total. The van der Waals surface area contributed by atoms with Crippen molar-refractivity contribution in [2.45, 2.75) is 44.9 Å². The average Bonchev–Trinajstić information content (AvgIpc) is 3.53. The van der Waals surface area contributed by atoms with Crippen LogP contribution in [0.3, 0.4) is 0 Å². The Bertz CT molecular complexity index is 1170. The number of carbonyl (C=O) groups is 1. The number of hydrogen-bond acceptors (Lipinski definition) is 6. The quantitative estimate of drug-likeness (QED) is 0.356. The molecule has 4 N–H and O–H groups in total. The summed E-state index contributed by atoms with van der Waals surface area (Å²) in [6.07, 6.45) is 1.09. The number of aryl methyl sites for hydroxylation is 1. The van der Waals surface area contributed by atoms with Crippen LogP contribution in [0.15, 0.2) is 54.6 Å². The van der Waals surface area contributed by atoms with E-state index in [9.17, 15) is 4.79 Å². The van der Waals surface area contributed by atoms with Crippen LogP contribution in [0.4, 0.5) is 5.69 Å². The smallest absolute Gasteiger partial charge is 0.252 e. The van der Waals surface area contributed by atoms with Gasteiger partial charge in [-0.05, 0) is 67.3 Å². The molecular formula is C28H34N4O2S. The highest BCUT2D eigenvalue weighted by molar-refractivity contribution is 7.15. The molecule has 1 amide bonds. The maximum Gasteiger partial charge on any atom is 0.252 e. The fourth-order valence-electron chi connectivity index (χ4n) is 4.47. The molecule has 0 bridgehead atoms. The first-order chi connectivity index (χ1) is 17.0. The zero-order valence-electron chi connectivity index (χ0n) is 20.4. The van der Waals surface area contributed by atoms with Crippen molar-refractivity contribution >= 4 is 22.9 Å². The van der Waals surface area contributed by atoms with E-state index in [1.54, 1.807) is 0 Å². The summed E-state index contributed by atoms with van der Waals surface area (Å²) in [6.45, 7) is 8.48. The van der Waals surface area contributed by atoms with Crippen molar-refractivity contribution in [3.05, 3.63) is 76.2 Å². The minimum Gasteiger partial charge on any atom is -0.380 e. The van der Waals surface area contributed by atoms with Crippen molar-refractivity contribution in [2.75, 3.05) is 31.6 Å². The summed E-state index contributed by atoms with van der Waals surface area (Å²) in [5.41, 5.74) is 4.96. The Morgan fingerprint density at radius 3 is 2.80 bits per heavy atom. The normalized spacial score (nSPS) is 18.7. The maximum absolute atomic E-state index is 13.1. The van der Waals surface area contributed by atoms with E-state index in [1.165, 1.54) is 15.3 Å². The SMILES string of the molecule is Cc1ccc(NC2CNC2)cc1C(=O)NC(C)c1cccc(-c2ccc(CN[C@@H]3CCOC3)s2)c1. The van der Waals surface area contributed by atoms with Crippen LogP contribution >= 0.6 is 11.3 Å². The van der Waals surface area contributed by atoms with Gasteiger partial charge in [-0.15, -0.1) is 11.3 Å². The van der Waals surface area contributed by atoms with Crippen molar-refractivity contribution in [2.24, 2.45) is 0 Å². The molecule has 0 spiro atoms. The van der Waals surface area contributed by atoms with Crippen LogP contribution in [0.5, 0.6) is 0 Å². The van der Waals surface area contributed by atoms with E-state index < -0.39 is 0 Å². The van der Waals surface area contributed by atoms with Crippen molar-refractivity contribution in [1.82, 2.24) is 16.0 Å². The van der Waals surface area contributed by atoms with E-state index in [-0.39, 0.29) is 11.9 Å². The topological polar surface area (TPSA) is 74.4 Å².